The van der Waals surface area contributed by atoms with Crippen LogP contribution in [0.1, 0.15) is 11.3 Å². The molecule has 1 N–H and O–H groups in total. The van der Waals surface area contributed by atoms with E-state index in [2.05, 4.69) is 25.7 Å². The van der Waals surface area contributed by atoms with Gasteiger partial charge < -0.3 is 5.32 Å². The third-order valence-electron chi connectivity index (χ3n) is 3.17. The van der Waals surface area contributed by atoms with Crippen LogP contribution in [-0.2, 0) is 17.9 Å². The van der Waals surface area contributed by atoms with Crippen molar-refractivity contribution in [3.8, 4) is 0 Å². The van der Waals surface area contributed by atoms with Crippen molar-refractivity contribution in [1.29, 1.82) is 0 Å². The van der Waals surface area contributed by atoms with Crippen LogP contribution in [0, 0.1) is 6.92 Å². The number of hydrogen-bond acceptors (Lipinski definition) is 5. The number of halogens is 1. The molecule has 3 aromatic rings. The highest BCUT2D eigenvalue weighted by molar-refractivity contribution is 6.33. The van der Waals surface area contributed by atoms with Crippen molar-refractivity contribution in [1.82, 2.24) is 29.8 Å². The molecule has 0 bridgehead atoms. The van der Waals surface area contributed by atoms with Gasteiger partial charge in [0.2, 0.25) is 5.91 Å². The van der Waals surface area contributed by atoms with Crippen LogP contribution in [0.4, 0.5) is 5.69 Å². The van der Waals surface area contributed by atoms with E-state index in [1.807, 2.05) is 19.1 Å². The van der Waals surface area contributed by atoms with Gasteiger partial charge in [0.05, 0.1) is 23.5 Å². The third kappa shape index (κ3) is 3.72. The van der Waals surface area contributed by atoms with Crippen LogP contribution in [0.25, 0.3) is 0 Å². The summed E-state index contributed by atoms with van der Waals surface area (Å²) in [6.07, 6.45) is 4.73. The Labute approximate surface area is 137 Å². The zero-order valence-corrected chi connectivity index (χ0v) is 13.1. The second-order valence-corrected chi connectivity index (χ2v) is 5.39. The second kappa shape index (κ2) is 6.57. The van der Waals surface area contributed by atoms with E-state index < -0.39 is 0 Å². The number of carbonyl (C=O) groups is 1. The number of carbonyl (C=O) groups excluding carboxylic acids is 1. The van der Waals surface area contributed by atoms with Gasteiger partial charge in [-0.1, -0.05) is 28.9 Å². The van der Waals surface area contributed by atoms with Crippen LogP contribution in [0.3, 0.4) is 0 Å². The van der Waals surface area contributed by atoms with Gasteiger partial charge in [-0.2, -0.15) is 5.10 Å². The van der Waals surface area contributed by atoms with Gasteiger partial charge in [0.25, 0.3) is 0 Å². The van der Waals surface area contributed by atoms with Gasteiger partial charge >= 0.3 is 0 Å². The van der Waals surface area contributed by atoms with E-state index in [1.54, 1.807) is 23.3 Å². The monoisotopic (exact) mass is 331 g/mol. The van der Waals surface area contributed by atoms with Gasteiger partial charge in [-0.25, -0.2) is 14.3 Å². The summed E-state index contributed by atoms with van der Waals surface area (Å²) >= 11 is 6.10. The van der Waals surface area contributed by atoms with Crippen molar-refractivity contribution in [2.75, 3.05) is 5.32 Å². The van der Waals surface area contributed by atoms with Gasteiger partial charge in [-0.05, 0) is 18.6 Å². The summed E-state index contributed by atoms with van der Waals surface area (Å²) in [6.45, 7) is 2.38. The van der Waals surface area contributed by atoms with Crippen molar-refractivity contribution < 1.29 is 4.79 Å². The molecular weight excluding hydrogens is 318 g/mol. The minimum Gasteiger partial charge on any atom is -0.323 e. The molecule has 9 heteroatoms. The van der Waals surface area contributed by atoms with E-state index in [1.165, 1.54) is 11.0 Å². The normalized spacial score (nSPS) is 10.7. The number of nitrogens with one attached hydrogen (secondary N) is 1. The number of aryl methyl sites for hydroxylation is 1. The molecule has 118 valence electrons. The lowest BCUT2D eigenvalue weighted by molar-refractivity contribution is -0.116. The Morgan fingerprint density at radius 3 is 2.96 bits per heavy atom. The lowest BCUT2D eigenvalue weighted by Crippen LogP contribution is -2.19. The highest BCUT2D eigenvalue weighted by Gasteiger charge is 2.10. The molecule has 2 heterocycles. The molecule has 3 rings (SSSR count). The smallest absolute Gasteiger partial charge is 0.246 e. The van der Waals surface area contributed by atoms with Crippen molar-refractivity contribution in [3.63, 3.8) is 0 Å². The Hall–Kier alpha value is -2.74. The first-order valence-corrected chi connectivity index (χ1v) is 7.26. The first-order chi connectivity index (χ1) is 11.1. The maximum absolute atomic E-state index is 12.1. The standard InChI is InChI=1S/C14H14ClN7O/c1-10-3-2-4-12(15)14(10)18-13(23)7-21-5-11(19-20-21)6-22-9-16-8-17-22/h2-5,8-9H,6-7H2,1H3,(H,18,23). The van der Waals surface area contributed by atoms with Crippen LogP contribution in [0.2, 0.25) is 5.02 Å². The quantitative estimate of drug-likeness (QED) is 0.765. The first kappa shape index (κ1) is 15.2. The van der Waals surface area contributed by atoms with E-state index in [0.29, 0.717) is 22.9 Å². The van der Waals surface area contributed by atoms with E-state index in [4.69, 9.17) is 11.6 Å². The Morgan fingerprint density at radius 2 is 2.22 bits per heavy atom. The number of amides is 1. The predicted octanol–water partition coefficient (Wildman–Crippen LogP) is 1.52. The molecule has 0 aliphatic heterocycles. The molecule has 0 radical (unpaired) electrons. The molecule has 0 atom stereocenters. The Balaban J connectivity index is 1.63. The molecule has 0 saturated heterocycles. The minimum absolute atomic E-state index is 0.0506. The van der Waals surface area contributed by atoms with Gasteiger partial charge in [-0.3, -0.25) is 4.79 Å². The zero-order valence-electron chi connectivity index (χ0n) is 12.3. The summed E-state index contributed by atoms with van der Waals surface area (Å²) in [4.78, 5) is 16.0. The van der Waals surface area contributed by atoms with Crippen molar-refractivity contribution >= 4 is 23.2 Å². The van der Waals surface area contributed by atoms with E-state index in [0.717, 1.165) is 5.56 Å². The summed E-state index contributed by atoms with van der Waals surface area (Å²) in [6, 6.07) is 5.45. The van der Waals surface area contributed by atoms with Crippen LogP contribution >= 0.6 is 11.6 Å². The summed E-state index contributed by atoms with van der Waals surface area (Å²) in [5.74, 6) is -0.224. The van der Waals surface area contributed by atoms with Gasteiger partial charge in [0.1, 0.15) is 24.9 Å². The zero-order chi connectivity index (χ0) is 16.2. The number of para-hydroxylation sites is 1. The van der Waals surface area contributed by atoms with Crippen LogP contribution in [0.15, 0.2) is 37.1 Å². The molecule has 8 nitrogen and oxygen atoms in total. The molecule has 0 aliphatic rings. The summed E-state index contributed by atoms with van der Waals surface area (Å²) in [5, 5.41) is 15.2. The van der Waals surface area contributed by atoms with Gasteiger partial charge in [0.15, 0.2) is 0 Å². The van der Waals surface area contributed by atoms with Crippen LogP contribution in [0.5, 0.6) is 0 Å². The van der Waals surface area contributed by atoms with E-state index >= 15 is 0 Å². The number of hydrogen-bond donors (Lipinski definition) is 1. The lowest BCUT2D eigenvalue weighted by Gasteiger charge is -2.09. The average Bonchev–Trinajstić information content (AvgIpc) is 3.16. The van der Waals surface area contributed by atoms with E-state index in [9.17, 15) is 4.79 Å². The molecule has 1 aromatic carbocycles. The Kier molecular flexibility index (Phi) is 4.33. The molecule has 0 fully saturated rings. The molecule has 2 aromatic heterocycles. The fraction of sp³-hybridized carbons (Fsp3) is 0.214. The summed E-state index contributed by atoms with van der Waals surface area (Å²) < 4.78 is 3.09. The molecule has 0 spiro atoms. The predicted molar refractivity (Wildman–Crippen MR) is 84.0 cm³/mol. The van der Waals surface area contributed by atoms with Crippen LogP contribution in [-0.4, -0.2) is 35.7 Å². The molecule has 0 aliphatic carbocycles. The fourth-order valence-electron chi connectivity index (χ4n) is 2.08. The Bertz CT molecular complexity index is 792. The van der Waals surface area contributed by atoms with Crippen molar-refractivity contribution in [2.45, 2.75) is 20.0 Å². The molecule has 0 unspecified atom stereocenters. The molecule has 0 saturated carbocycles. The van der Waals surface area contributed by atoms with Gasteiger partial charge in [0, 0.05) is 0 Å². The topological polar surface area (TPSA) is 90.5 Å². The maximum atomic E-state index is 12.1. The number of anilines is 1. The number of aromatic nitrogens is 6. The second-order valence-electron chi connectivity index (χ2n) is 4.98. The molecular formula is C14H14ClN7O. The van der Waals surface area contributed by atoms with Crippen molar-refractivity contribution in [2.24, 2.45) is 0 Å². The third-order valence-corrected chi connectivity index (χ3v) is 3.48. The maximum Gasteiger partial charge on any atom is 0.246 e. The Morgan fingerprint density at radius 1 is 1.35 bits per heavy atom. The van der Waals surface area contributed by atoms with E-state index in [-0.39, 0.29) is 12.5 Å². The largest absolute Gasteiger partial charge is 0.323 e. The lowest BCUT2D eigenvalue weighted by atomic mass is 10.2. The van der Waals surface area contributed by atoms with Gasteiger partial charge in [-0.15, -0.1) is 5.10 Å². The van der Waals surface area contributed by atoms with Crippen LogP contribution < -0.4 is 5.32 Å². The summed E-state index contributed by atoms with van der Waals surface area (Å²) in [5.41, 5.74) is 2.20. The molecule has 23 heavy (non-hydrogen) atoms. The SMILES string of the molecule is Cc1cccc(Cl)c1NC(=O)Cn1cc(Cn2cncn2)nn1. The highest BCUT2D eigenvalue weighted by Crippen LogP contribution is 2.25. The fourth-order valence-corrected chi connectivity index (χ4v) is 2.35. The number of rotatable bonds is 5. The molecule has 1 amide bonds. The van der Waals surface area contributed by atoms with Crippen molar-refractivity contribution in [3.05, 3.63) is 53.3 Å². The minimum atomic E-state index is -0.224. The first-order valence-electron chi connectivity index (χ1n) is 6.88. The number of benzene rings is 1. The highest BCUT2D eigenvalue weighted by atomic mass is 35.5. The number of nitrogens with zero attached hydrogens (tertiary/aromatic N) is 6. The summed E-state index contributed by atoms with van der Waals surface area (Å²) in [7, 11) is 0. The average molecular weight is 332 g/mol.